The van der Waals surface area contributed by atoms with Crippen LogP contribution in [0.4, 0.5) is 0 Å². The zero-order valence-corrected chi connectivity index (χ0v) is 11.6. The molecular formula is C12H28N2S. The minimum absolute atomic E-state index is 0.208. The van der Waals surface area contributed by atoms with Gasteiger partial charge in [-0.2, -0.15) is 12.6 Å². The molecule has 0 heterocycles. The fraction of sp³-hybridized carbons (Fsp3) is 1.00. The summed E-state index contributed by atoms with van der Waals surface area (Å²) in [5, 5.41) is 3.69. The Morgan fingerprint density at radius 1 is 1.13 bits per heavy atom. The smallest absolute Gasteiger partial charge is 0.0293 e. The van der Waals surface area contributed by atoms with Crippen molar-refractivity contribution in [3.8, 4) is 0 Å². The van der Waals surface area contributed by atoms with Crippen molar-refractivity contribution in [1.29, 1.82) is 0 Å². The van der Waals surface area contributed by atoms with Crippen LogP contribution in [-0.2, 0) is 0 Å². The van der Waals surface area contributed by atoms with Crippen LogP contribution < -0.4 is 11.1 Å². The first-order valence-corrected chi connectivity index (χ1v) is 6.59. The van der Waals surface area contributed by atoms with E-state index in [-0.39, 0.29) is 11.3 Å². The molecule has 0 rings (SSSR count). The minimum Gasteiger partial charge on any atom is -0.327 e. The van der Waals surface area contributed by atoms with Crippen molar-refractivity contribution in [2.24, 2.45) is 17.6 Å². The summed E-state index contributed by atoms with van der Waals surface area (Å²) in [7, 11) is 0. The second-order valence-corrected chi connectivity index (χ2v) is 5.91. The first-order chi connectivity index (χ1) is 6.93. The van der Waals surface area contributed by atoms with Crippen molar-refractivity contribution in [3.05, 3.63) is 0 Å². The van der Waals surface area contributed by atoms with E-state index in [1.165, 1.54) is 6.42 Å². The van der Waals surface area contributed by atoms with Gasteiger partial charge in [-0.15, -0.1) is 0 Å². The predicted molar refractivity (Wildman–Crippen MR) is 72.5 cm³/mol. The lowest BCUT2D eigenvalue weighted by Crippen LogP contribution is -2.39. The molecule has 0 aromatic heterocycles. The van der Waals surface area contributed by atoms with Gasteiger partial charge in [0.2, 0.25) is 0 Å². The highest BCUT2D eigenvalue weighted by Gasteiger charge is 2.14. The Morgan fingerprint density at radius 2 is 1.73 bits per heavy atom. The molecule has 0 aliphatic rings. The zero-order chi connectivity index (χ0) is 11.8. The molecule has 0 bridgehead atoms. The highest BCUT2D eigenvalue weighted by Crippen LogP contribution is 2.09. The normalized spacial score (nSPS) is 16.0. The quantitative estimate of drug-likeness (QED) is 0.444. The summed E-state index contributed by atoms with van der Waals surface area (Å²) in [5.41, 5.74) is 6.04. The zero-order valence-electron chi connectivity index (χ0n) is 10.7. The van der Waals surface area contributed by atoms with Gasteiger partial charge in [0.15, 0.2) is 0 Å². The van der Waals surface area contributed by atoms with Crippen molar-refractivity contribution in [2.45, 2.75) is 51.8 Å². The van der Waals surface area contributed by atoms with E-state index in [9.17, 15) is 0 Å². The molecule has 92 valence electrons. The maximum atomic E-state index is 6.04. The number of thiol groups is 1. The Hall–Kier alpha value is 0.270. The van der Waals surface area contributed by atoms with Gasteiger partial charge in [-0.3, -0.25) is 0 Å². The van der Waals surface area contributed by atoms with E-state index in [2.05, 4.69) is 45.6 Å². The maximum absolute atomic E-state index is 6.04. The van der Waals surface area contributed by atoms with Gasteiger partial charge in [0.1, 0.15) is 0 Å². The van der Waals surface area contributed by atoms with Crippen molar-refractivity contribution in [2.75, 3.05) is 13.1 Å². The lowest BCUT2D eigenvalue weighted by atomic mass is 10.0. The summed E-state index contributed by atoms with van der Waals surface area (Å²) in [6.07, 6.45) is 2.28. The highest BCUT2D eigenvalue weighted by molar-refractivity contribution is 7.81. The van der Waals surface area contributed by atoms with Crippen molar-refractivity contribution >= 4 is 12.6 Å². The third kappa shape index (κ3) is 9.21. The molecule has 15 heavy (non-hydrogen) atoms. The number of nitrogens with two attached hydrogens (primary N) is 1. The van der Waals surface area contributed by atoms with Gasteiger partial charge in [-0.1, -0.05) is 27.7 Å². The molecule has 0 radical (unpaired) electrons. The number of nitrogens with one attached hydrogen (secondary N) is 1. The molecule has 2 atom stereocenters. The molecular weight excluding hydrogens is 204 g/mol. The van der Waals surface area contributed by atoms with Crippen LogP contribution >= 0.6 is 12.6 Å². The number of hydrogen-bond acceptors (Lipinski definition) is 3. The van der Waals surface area contributed by atoms with Crippen LogP contribution in [0.2, 0.25) is 0 Å². The van der Waals surface area contributed by atoms with Gasteiger partial charge in [0.25, 0.3) is 0 Å². The van der Waals surface area contributed by atoms with Crippen molar-refractivity contribution in [1.82, 2.24) is 5.32 Å². The molecule has 0 fully saturated rings. The average molecular weight is 232 g/mol. The topological polar surface area (TPSA) is 38.0 Å². The molecule has 0 aliphatic heterocycles. The molecule has 1 unspecified atom stereocenters. The lowest BCUT2D eigenvalue weighted by Gasteiger charge is -2.21. The first kappa shape index (κ1) is 15.3. The minimum atomic E-state index is 0.208. The largest absolute Gasteiger partial charge is 0.327 e. The fourth-order valence-corrected chi connectivity index (χ4v) is 1.74. The van der Waals surface area contributed by atoms with E-state index in [0.717, 1.165) is 25.4 Å². The van der Waals surface area contributed by atoms with E-state index in [0.29, 0.717) is 5.92 Å². The third-order valence-corrected chi connectivity index (χ3v) is 3.06. The molecule has 0 aromatic rings. The Morgan fingerprint density at radius 3 is 2.20 bits per heavy atom. The van der Waals surface area contributed by atoms with Gasteiger partial charge >= 0.3 is 0 Å². The summed E-state index contributed by atoms with van der Waals surface area (Å²) in [5.74, 6) is 1.42. The Balaban J connectivity index is 3.51. The predicted octanol–water partition coefficient (Wildman–Crippen LogP) is 2.29. The molecule has 0 saturated heterocycles. The lowest BCUT2D eigenvalue weighted by molar-refractivity contribution is 0.461. The molecule has 0 aromatic carbocycles. The van der Waals surface area contributed by atoms with E-state index in [4.69, 9.17) is 5.73 Å². The molecule has 3 heteroatoms. The van der Waals surface area contributed by atoms with E-state index in [1.54, 1.807) is 0 Å². The van der Waals surface area contributed by atoms with Crippen LogP contribution in [-0.4, -0.2) is 24.4 Å². The summed E-state index contributed by atoms with van der Waals surface area (Å²) >= 11 is 4.54. The Bertz CT molecular complexity index is 149. The van der Waals surface area contributed by atoms with Gasteiger partial charge < -0.3 is 11.1 Å². The monoisotopic (exact) mass is 232 g/mol. The first-order valence-electron chi connectivity index (χ1n) is 6.07. The van der Waals surface area contributed by atoms with Gasteiger partial charge in [0, 0.05) is 17.8 Å². The summed E-state index contributed by atoms with van der Waals surface area (Å²) < 4.78 is 0. The molecule has 0 spiro atoms. The van der Waals surface area contributed by atoms with E-state index >= 15 is 0 Å². The van der Waals surface area contributed by atoms with Gasteiger partial charge in [-0.25, -0.2) is 0 Å². The van der Waals surface area contributed by atoms with Gasteiger partial charge in [0.05, 0.1) is 0 Å². The molecule has 3 N–H and O–H groups in total. The second-order valence-electron chi connectivity index (χ2n) is 5.25. The Kier molecular flexibility index (Phi) is 8.58. The van der Waals surface area contributed by atoms with Crippen molar-refractivity contribution in [3.63, 3.8) is 0 Å². The van der Waals surface area contributed by atoms with Crippen LogP contribution in [0.3, 0.4) is 0 Å². The molecule has 0 aliphatic carbocycles. The summed E-state index contributed by atoms with van der Waals surface area (Å²) in [4.78, 5) is 0. The fourth-order valence-electron chi connectivity index (χ4n) is 1.49. The molecule has 2 nitrogen and oxygen atoms in total. The highest BCUT2D eigenvalue weighted by atomic mass is 32.1. The van der Waals surface area contributed by atoms with Crippen LogP contribution in [0.25, 0.3) is 0 Å². The average Bonchev–Trinajstić information content (AvgIpc) is 2.10. The SMILES string of the molecule is CC(C)CCNCC(S)[C@@H](N)CC(C)C. The maximum Gasteiger partial charge on any atom is 0.0293 e. The van der Waals surface area contributed by atoms with Crippen LogP contribution in [0.1, 0.15) is 40.5 Å². The summed E-state index contributed by atoms with van der Waals surface area (Å²) in [6, 6.07) is 0.208. The van der Waals surface area contributed by atoms with E-state index in [1.807, 2.05) is 0 Å². The van der Waals surface area contributed by atoms with Crippen LogP contribution in [0.15, 0.2) is 0 Å². The Labute approximate surface area is 101 Å². The number of rotatable bonds is 8. The molecule has 0 saturated carbocycles. The van der Waals surface area contributed by atoms with Crippen LogP contribution in [0.5, 0.6) is 0 Å². The second kappa shape index (κ2) is 8.43. The van der Waals surface area contributed by atoms with Gasteiger partial charge in [-0.05, 0) is 31.2 Å². The molecule has 0 amide bonds. The summed E-state index contributed by atoms with van der Waals surface area (Å²) in [6.45, 7) is 10.9. The van der Waals surface area contributed by atoms with E-state index < -0.39 is 0 Å². The van der Waals surface area contributed by atoms with Crippen LogP contribution in [0, 0.1) is 11.8 Å². The standard InChI is InChI=1S/C12H28N2S/c1-9(2)5-6-14-8-12(15)11(13)7-10(3)4/h9-12,14-15H,5-8,13H2,1-4H3/t11-,12?/m0/s1. The number of hydrogen-bond donors (Lipinski definition) is 3. The third-order valence-electron chi connectivity index (χ3n) is 2.49. The van der Waals surface area contributed by atoms with Crippen molar-refractivity contribution < 1.29 is 0 Å².